The van der Waals surface area contributed by atoms with Gasteiger partial charge in [0, 0.05) is 34.0 Å². The molecule has 7 N–H and O–H groups in total. The van der Waals surface area contributed by atoms with Crippen LogP contribution in [0.5, 0.6) is 28.7 Å². The standard InChI is InChI=1S/C39H46N6O11/c1-19-34(50)41-20(2)37(53)43(4)26(15-22-7-13-28(46)30(48)17-22)36(52)42-21(3)38(54)45(6)32-33(49)24-9-11-25(12-10-24)56-31-18-23(8-14-29(31)47)16-27(35(51)40-19)44(5)39(32)55/h7-14,17-21,26-27,32-33,46-49H,15-16H2,1-6H3,(H,40,51)(H,41,50)(H,42,52)/t19-,20+,21+,26+,27-,32+,33+/m1/s1. The number of aliphatic hydroxyl groups is 1. The van der Waals surface area contributed by atoms with E-state index in [1.54, 1.807) is 0 Å². The molecular formula is C39H46N6O11. The van der Waals surface area contributed by atoms with Crippen molar-refractivity contribution in [3.63, 3.8) is 0 Å². The second-order valence-corrected chi connectivity index (χ2v) is 14.2. The highest BCUT2D eigenvalue weighted by Gasteiger charge is 2.42. The van der Waals surface area contributed by atoms with Gasteiger partial charge in [-0.1, -0.05) is 24.3 Å². The van der Waals surface area contributed by atoms with Crippen molar-refractivity contribution in [2.45, 2.75) is 76.0 Å². The van der Waals surface area contributed by atoms with E-state index in [0.717, 1.165) is 14.7 Å². The van der Waals surface area contributed by atoms with Gasteiger partial charge >= 0.3 is 0 Å². The zero-order valence-electron chi connectivity index (χ0n) is 31.7. The Labute approximate surface area is 322 Å². The average molecular weight is 775 g/mol. The van der Waals surface area contributed by atoms with E-state index in [1.165, 1.54) is 103 Å². The Morgan fingerprint density at radius 1 is 0.643 bits per heavy atom. The summed E-state index contributed by atoms with van der Waals surface area (Å²) in [6.45, 7) is 4.12. The van der Waals surface area contributed by atoms with Crippen LogP contribution in [0.2, 0.25) is 0 Å². The smallest absolute Gasteiger partial charge is 0.248 e. The summed E-state index contributed by atoms with van der Waals surface area (Å²) in [5.74, 6) is -5.46. The number of benzene rings is 3. The van der Waals surface area contributed by atoms with Gasteiger partial charge in [-0.3, -0.25) is 28.8 Å². The Morgan fingerprint density at radius 2 is 1.23 bits per heavy atom. The number of ether oxygens (including phenoxy) is 1. The highest BCUT2D eigenvalue weighted by molar-refractivity contribution is 5.98. The fraction of sp³-hybridized carbons (Fsp3) is 0.385. The number of rotatable bonds is 2. The molecule has 0 saturated carbocycles. The summed E-state index contributed by atoms with van der Waals surface area (Å²) in [6, 6.07) is 6.07. The van der Waals surface area contributed by atoms with E-state index in [0.29, 0.717) is 11.1 Å². The maximum atomic E-state index is 14.6. The summed E-state index contributed by atoms with van der Waals surface area (Å²) < 4.78 is 5.90. The number of aromatic hydroxyl groups is 3. The summed E-state index contributed by atoms with van der Waals surface area (Å²) in [5.41, 5.74) is 0.982. The number of carbonyl (C=O) groups excluding carboxylic acids is 6. The zero-order valence-corrected chi connectivity index (χ0v) is 31.7. The van der Waals surface area contributed by atoms with Gasteiger partial charge in [0.2, 0.25) is 35.4 Å². The van der Waals surface area contributed by atoms with Gasteiger partial charge in [-0.05, 0) is 73.9 Å². The van der Waals surface area contributed by atoms with E-state index in [1.807, 2.05) is 0 Å². The van der Waals surface area contributed by atoms with Crippen LogP contribution in [0.15, 0.2) is 60.7 Å². The molecule has 3 aromatic carbocycles. The third-order valence-electron chi connectivity index (χ3n) is 10.1. The SMILES string of the molecule is C[C@@H]1NC(=O)[C@H](Cc2ccc(O)c(O)c2)N(C)C(=O)[C@H](C)NC(=O)[C@@H](C)NC(=O)[C@H]2Cc3ccc(O)c(c3)Oc3ccc(cc3)[C@H](O)[C@@H](C(=O)N2C)N(C)C1=O. The minimum absolute atomic E-state index is 0.0569. The van der Waals surface area contributed by atoms with Gasteiger partial charge in [-0.25, -0.2) is 0 Å². The summed E-state index contributed by atoms with van der Waals surface area (Å²) in [4.78, 5) is 87.1. The van der Waals surface area contributed by atoms with Crippen LogP contribution < -0.4 is 20.7 Å². The number of hydrogen-bond donors (Lipinski definition) is 7. The number of phenols is 3. The summed E-state index contributed by atoms with van der Waals surface area (Å²) >= 11 is 0. The molecule has 1 saturated heterocycles. The number of carbonyl (C=O) groups is 6. The number of phenolic OH excluding ortho intramolecular Hbond substituents is 3. The van der Waals surface area contributed by atoms with E-state index in [-0.39, 0.29) is 35.7 Å². The molecule has 3 aromatic rings. The van der Waals surface area contributed by atoms with Gasteiger partial charge in [-0.15, -0.1) is 0 Å². The fourth-order valence-corrected chi connectivity index (χ4v) is 6.69. The molecule has 7 atom stereocenters. The molecule has 0 aromatic heterocycles. The third kappa shape index (κ3) is 8.62. The van der Waals surface area contributed by atoms with Crippen molar-refractivity contribution in [1.29, 1.82) is 0 Å². The Bertz CT molecular complexity index is 2020. The molecule has 3 aliphatic rings. The first-order valence-corrected chi connectivity index (χ1v) is 17.9. The number of aliphatic hydroxyl groups excluding tert-OH is 1. The minimum Gasteiger partial charge on any atom is -0.504 e. The highest BCUT2D eigenvalue weighted by Crippen LogP contribution is 2.34. The predicted molar refractivity (Wildman–Crippen MR) is 199 cm³/mol. The van der Waals surface area contributed by atoms with Gasteiger partial charge < -0.3 is 55.8 Å². The molecule has 17 heteroatoms. The van der Waals surface area contributed by atoms with Gasteiger partial charge in [0.1, 0.15) is 48.1 Å². The second-order valence-electron chi connectivity index (χ2n) is 14.2. The molecule has 3 aliphatic heterocycles. The van der Waals surface area contributed by atoms with Crippen LogP contribution in [-0.4, -0.2) is 128 Å². The highest BCUT2D eigenvalue weighted by atomic mass is 16.5. The molecular weight excluding hydrogens is 728 g/mol. The normalized spacial score (nSPS) is 25.8. The largest absolute Gasteiger partial charge is 0.504 e. The lowest BCUT2D eigenvalue weighted by Gasteiger charge is -2.38. The molecule has 0 aliphatic carbocycles. The lowest BCUT2D eigenvalue weighted by molar-refractivity contribution is -0.153. The van der Waals surface area contributed by atoms with Crippen molar-refractivity contribution < 1.29 is 53.9 Å². The van der Waals surface area contributed by atoms with Crippen LogP contribution in [-0.2, 0) is 41.6 Å². The van der Waals surface area contributed by atoms with E-state index >= 15 is 0 Å². The van der Waals surface area contributed by atoms with Crippen LogP contribution in [0, 0.1) is 0 Å². The Kier molecular flexibility index (Phi) is 12.1. The van der Waals surface area contributed by atoms with E-state index in [2.05, 4.69) is 16.0 Å². The summed E-state index contributed by atoms with van der Waals surface area (Å²) in [6.07, 6.45) is -2.03. The van der Waals surface area contributed by atoms with Crippen LogP contribution in [0.1, 0.15) is 43.6 Å². The van der Waals surface area contributed by atoms with Gasteiger partial charge in [0.15, 0.2) is 23.0 Å². The Balaban J connectivity index is 1.61. The van der Waals surface area contributed by atoms with Crippen molar-refractivity contribution in [2.24, 2.45) is 0 Å². The van der Waals surface area contributed by atoms with Crippen molar-refractivity contribution >= 4 is 35.4 Å². The van der Waals surface area contributed by atoms with Crippen LogP contribution in [0.25, 0.3) is 0 Å². The lowest BCUT2D eigenvalue weighted by Crippen LogP contribution is -2.62. The fourth-order valence-electron chi connectivity index (χ4n) is 6.69. The van der Waals surface area contributed by atoms with Crippen LogP contribution in [0.4, 0.5) is 0 Å². The number of hydrogen-bond acceptors (Lipinski definition) is 11. The molecule has 298 valence electrons. The summed E-state index contributed by atoms with van der Waals surface area (Å²) in [7, 11) is 3.91. The summed E-state index contributed by atoms with van der Waals surface area (Å²) in [5, 5.41) is 50.1. The Hall–Kier alpha value is -6.36. The molecule has 0 radical (unpaired) electrons. The Morgan fingerprint density at radius 3 is 1.88 bits per heavy atom. The molecule has 1 fully saturated rings. The van der Waals surface area contributed by atoms with Crippen LogP contribution in [0.3, 0.4) is 0 Å². The van der Waals surface area contributed by atoms with E-state index < -0.39 is 89.3 Å². The molecule has 0 spiro atoms. The van der Waals surface area contributed by atoms with Crippen LogP contribution >= 0.6 is 0 Å². The van der Waals surface area contributed by atoms with E-state index in [9.17, 15) is 49.2 Å². The van der Waals surface area contributed by atoms with Crippen molar-refractivity contribution in [2.75, 3.05) is 21.1 Å². The predicted octanol–water partition coefficient (Wildman–Crippen LogP) is 0.437. The van der Waals surface area contributed by atoms with E-state index in [4.69, 9.17) is 4.74 Å². The lowest BCUT2D eigenvalue weighted by atomic mass is 9.96. The van der Waals surface area contributed by atoms with Crippen molar-refractivity contribution in [3.05, 3.63) is 77.4 Å². The maximum Gasteiger partial charge on any atom is 0.248 e. The minimum atomic E-state index is -1.68. The quantitative estimate of drug-likeness (QED) is 0.176. The number of amides is 6. The maximum absolute atomic E-state index is 14.6. The first-order chi connectivity index (χ1) is 26.4. The zero-order chi connectivity index (χ0) is 41.2. The topological polar surface area (TPSA) is 238 Å². The second kappa shape index (κ2) is 16.6. The first kappa shape index (κ1) is 40.8. The number of nitrogens with one attached hydrogen (secondary N) is 3. The molecule has 56 heavy (non-hydrogen) atoms. The van der Waals surface area contributed by atoms with Gasteiger partial charge in [0.05, 0.1) is 0 Å². The molecule has 6 amide bonds. The van der Waals surface area contributed by atoms with Crippen molar-refractivity contribution in [3.8, 4) is 28.7 Å². The van der Waals surface area contributed by atoms with Crippen molar-refractivity contribution in [1.82, 2.24) is 30.7 Å². The van der Waals surface area contributed by atoms with Gasteiger partial charge in [0.25, 0.3) is 0 Å². The van der Waals surface area contributed by atoms with Gasteiger partial charge in [-0.2, -0.15) is 0 Å². The monoisotopic (exact) mass is 774 g/mol. The molecule has 17 nitrogen and oxygen atoms in total. The third-order valence-corrected chi connectivity index (χ3v) is 10.1. The molecule has 0 unspecified atom stereocenters. The first-order valence-electron chi connectivity index (χ1n) is 17.9. The molecule has 6 bridgehead atoms. The number of fused-ring (bicyclic) bond motifs is 2. The average Bonchev–Trinajstić information content (AvgIpc) is 3.16. The molecule has 3 heterocycles. The number of likely N-dealkylation sites (N-methyl/N-ethyl adjacent to an activating group) is 3. The molecule has 6 rings (SSSR count). The number of nitrogens with zero attached hydrogens (tertiary/aromatic N) is 3.